The molecular weight excluding hydrogens is 368 g/mol. The molecule has 1 aliphatic rings. The van der Waals surface area contributed by atoms with E-state index in [-0.39, 0.29) is 17.8 Å². The molecule has 7 nitrogen and oxygen atoms in total. The smallest absolute Gasteiger partial charge is 0.304 e. The van der Waals surface area contributed by atoms with Crippen molar-refractivity contribution in [2.45, 2.75) is 46.8 Å². The van der Waals surface area contributed by atoms with E-state index >= 15 is 0 Å². The molecule has 1 aliphatic heterocycles. The van der Waals surface area contributed by atoms with E-state index in [1.54, 1.807) is 13.8 Å². The number of fused-ring (bicyclic) bond motifs is 1. The molecule has 0 bridgehead atoms. The number of nitro groups is 1. The number of amides is 1. The second kappa shape index (κ2) is 5.59. The van der Waals surface area contributed by atoms with Crippen LogP contribution in [0, 0.1) is 24.0 Å². The first kappa shape index (κ1) is 17.4. The standard InChI is InChI=1S/C15H17BrN2O5/c1-7-11-6-15(5,23-10(4)20)17(9(3)19)14(11)13(18(21)22)8(2)12(7)16/h6H2,1-5H3. The van der Waals surface area contributed by atoms with Crippen LogP contribution in [0.1, 0.15) is 37.5 Å². The zero-order valence-electron chi connectivity index (χ0n) is 13.5. The molecule has 0 saturated heterocycles. The summed E-state index contributed by atoms with van der Waals surface area (Å²) < 4.78 is 5.98. The molecular formula is C15H17BrN2O5. The van der Waals surface area contributed by atoms with Crippen molar-refractivity contribution in [3.05, 3.63) is 31.3 Å². The maximum atomic E-state index is 12.2. The third-order valence-corrected chi connectivity index (χ3v) is 5.23. The Kier molecular flexibility index (Phi) is 4.23. The highest BCUT2D eigenvalue weighted by Gasteiger charge is 2.50. The Morgan fingerprint density at radius 2 is 1.87 bits per heavy atom. The minimum atomic E-state index is -1.28. The molecule has 8 heteroatoms. The molecule has 1 heterocycles. The minimum Gasteiger partial charge on any atom is -0.439 e. The Morgan fingerprint density at radius 3 is 2.30 bits per heavy atom. The van der Waals surface area contributed by atoms with Gasteiger partial charge in [-0.1, -0.05) is 0 Å². The number of hydrogen-bond donors (Lipinski definition) is 0. The Bertz CT molecular complexity index is 746. The lowest BCUT2D eigenvalue weighted by molar-refractivity contribution is -0.384. The first-order chi connectivity index (χ1) is 10.5. The number of carbonyl (C=O) groups excluding carboxylic acids is 2. The molecule has 0 spiro atoms. The molecule has 0 aromatic heterocycles. The van der Waals surface area contributed by atoms with E-state index in [0.717, 1.165) is 5.56 Å². The maximum Gasteiger partial charge on any atom is 0.304 e. The van der Waals surface area contributed by atoms with Gasteiger partial charge >= 0.3 is 5.97 Å². The summed E-state index contributed by atoms with van der Waals surface area (Å²) in [4.78, 5) is 35.9. The summed E-state index contributed by atoms with van der Waals surface area (Å²) in [6, 6.07) is 0. The second-order valence-electron chi connectivity index (χ2n) is 5.80. The van der Waals surface area contributed by atoms with E-state index in [4.69, 9.17) is 4.74 Å². The van der Waals surface area contributed by atoms with E-state index in [1.165, 1.54) is 18.7 Å². The molecule has 1 amide bonds. The summed E-state index contributed by atoms with van der Waals surface area (Å²) in [5.41, 5.74) is 0.652. The summed E-state index contributed by atoms with van der Waals surface area (Å²) >= 11 is 3.38. The van der Waals surface area contributed by atoms with Crippen LogP contribution in [0.15, 0.2) is 4.47 Å². The molecule has 1 aromatic rings. The third-order valence-electron chi connectivity index (χ3n) is 4.04. The zero-order valence-corrected chi connectivity index (χ0v) is 15.1. The number of nitro benzene ring substituents is 1. The van der Waals surface area contributed by atoms with Gasteiger partial charge in [-0.25, -0.2) is 0 Å². The third kappa shape index (κ3) is 2.60. The van der Waals surface area contributed by atoms with Crippen molar-refractivity contribution in [1.82, 2.24) is 0 Å². The van der Waals surface area contributed by atoms with Crippen molar-refractivity contribution < 1.29 is 19.2 Å². The number of hydrogen-bond acceptors (Lipinski definition) is 5. The van der Waals surface area contributed by atoms with Gasteiger partial charge in [0.25, 0.3) is 5.69 Å². The van der Waals surface area contributed by atoms with Gasteiger partial charge in [0.05, 0.1) is 4.92 Å². The van der Waals surface area contributed by atoms with Gasteiger partial charge in [-0.2, -0.15) is 0 Å². The molecule has 0 saturated carbocycles. The monoisotopic (exact) mass is 384 g/mol. The predicted molar refractivity (Wildman–Crippen MR) is 87.3 cm³/mol. The fourth-order valence-corrected chi connectivity index (χ4v) is 3.65. The molecule has 2 rings (SSSR count). The number of esters is 1. The molecule has 0 aliphatic carbocycles. The van der Waals surface area contributed by atoms with Gasteiger partial charge in [-0.05, 0) is 47.8 Å². The van der Waals surface area contributed by atoms with Crippen LogP contribution >= 0.6 is 15.9 Å². The number of nitrogens with zero attached hydrogens (tertiary/aromatic N) is 2. The van der Waals surface area contributed by atoms with Crippen molar-refractivity contribution in [1.29, 1.82) is 0 Å². The highest BCUT2D eigenvalue weighted by atomic mass is 79.9. The Hall–Kier alpha value is -1.96. The van der Waals surface area contributed by atoms with Crippen LogP contribution in [0.25, 0.3) is 0 Å². The fraction of sp³-hybridized carbons (Fsp3) is 0.467. The van der Waals surface area contributed by atoms with Gasteiger partial charge in [-0.15, -0.1) is 0 Å². The first-order valence-corrected chi connectivity index (χ1v) is 7.77. The highest BCUT2D eigenvalue weighted by Crippen LogP contribution is 2.50. The fourth-order valence-electron chi connectivity index (χ4n) is 3.22. The second-order valence-corrected chi connectivity index (χ2v) is 6.59. The zero-order chi connectivity index (χ0) is 17.7. The predicted octanol–water partition coefficient (Wildman–Crippen LogP) is 3.16. The number of anilines is 1. The molecule has 0 N–H and O–H groups in total. The lowest BCUT2D eigenvalue weighted by atomic mass is 9.99. The molecule has 124 valence electrons. The van der Waals surface area contributed by atoms with Crippen molar-refractivity contribution >= 4 is 39.2 Å². The van der Waals surface area contributed by atoms with E-state index in [2.05, 4.69) is 15.9 Å². The summed E-state index contributed by atoms with van der Waals surface area (Å²) in [7, 11) is 0. The van der Waals surface area contributed by atoms with Crippen LogP contribution < -0.4 is 4.90 Å². The lowest BCUT2D eigenvalue weighted by Gasteiger charge is -2.33. The molecule has 1 unspecified atom stereocenters. The molecule has 1 atom stereocenters. The number of rotatable bonds is 2. The van der Waals surface area contributed by atoms with Gasteiger partial charge in [0, 0.05) is 30.3 Å². The summed E-state index contributed by atoms with van der Waals surface area (Å²) in [5.74, 6) is -0.973. The number of halogens is 1. The van der Waals surface area contributed by atoms with Gasteiger partial charge in [0.1, 0.15) is 5.69 Å². The SMILES string of the molecule is CC(=O)OC1(C)Cc2c(C)c(Br)c(C)c([N+](=O)[O-])c2N1C(C)=O. The summed E-state index contributed by atoms with van der Waals surface area (Å²) in [6.07, 6.45) is 0.201. The van der Waals surface area contributed by atoms with Crippen molar-refractivity contribution in [3.8, 4) is 0 Å². The maximum absolute atomic E-state index is 12.2. The topological polar surface area (TPSA) is 89.8 Å². The quantitative estimate of drug-likeness (QED) is 0.443. The van der Waals surface area contributed by atoms with Crippen LogP contribution in [0.5, 0.6) is 0 Å². The van der Waals surface area contributed by atoms with Crippen LogP contribution in [0.4, 0.5) is 11.4 Å². The Labute approximate surface area is 141 Å². The van der Waals surface area contributed by atoms with Crippen molar-refractivity contribution in [2.75, 3.05) is 4.90 Å². The van der Waals surface area contributed by atoms with Gasteiger partial charge in [0.15, 0.2) is 5.72 Å². The molecule has 0 radical (unpaired) electrons. The Morgan fingerprint density at radius 1 is 1.30 bits per heavy atom. The van der Waals surface area contributed by atoms with E-state index in [1.807, 2.05) is 6.92 Å². The van der Waals surface area contributed by atoms with Crippen LogP contribution in [-0.2, 0) is 20.7 Å². The normalized spacial score (nSPS) is 19.5. The minimum absolute atomic E-state index is 0.149. The van der Waals surface area contributed by atoms with Crippen molar-refractivity contribution in [2.24, 2.45) is 0 Å². The van der Waals surface area contributed by atoms with Gasteiger partial charge in [0.2, 0.25) is 5.91 Å². The molecule has 0 fully saturated rings. The van der Waals surface area contributed by atoms with Gasteiger partial charge in [-0.3, -0.25) is 24.6 Å². The first-order valence-electron chi connectivity index (χ1n) is 6.97. The van der Waals surface area contributed by atoms with Crippen LogP contribution in [0.2, 0.25) is 0 Å². The van der Waals surface area contributed by atoms with Crippen molar-refractivity contribution in [3.63, 3.8) is 0 Å². The van der Waals surface area contributed by atoms with E-state index in [9.17, 15) is 19.7 Å². The summed E-state index contributed by atoms with van der Waals surface area (Å²) in [6.45, 7) is 7.57. The lowest BCUT2D eigenvalue weighted by Crippen LogP contribution is -2.50. The molecule has 23 heavy (non-hydrogen) atoms. The van der Waals surface area contributed by atoms with E-state index in [0.29, 0.717) is 15.6 Å². The Balaban J connectivity index is 2.84. The van der Waals surface area contributed by atoms with E-state index < -0.39 is 22.5 Å². The van der Waals surface area contributed by atoms with Crippen LogP contribution in [0.3, 0.4) is 0 Å². The largest absolute Gasteiger partial charge is 0.439 e. The number of ether oxygens (including phenoxy) is 1. The number of benzene rings is 1. The number of carbonyl (C=O) groups is 2. The van der Waals surface area contributed by atoms with Crippen LogP contribution in [-0.4, -0.2) is 22.5 Å². The average Bonchev–Trinajstić information content (AvgIpc) is 2.68. The summed E-state index contributed by atoms with van der Waals surface area (Å²) in [5, 5.41) is 11.6. The molecule has 1 aromatic carbocycles. The van der Waals surface area contributed by atoms with Gasteiger partial charge < -0.3 is 4.74 Å². The average molecular weight is 385 g/mol. The highest BCUT2D eigenvalue weighted by molar-refractivity contribution is 9.10.